The third-order valence-electron chi connectivity index (χ3n) is 5.73. The minimum absolute atomic E-state index is 0. The Morgan fingerprint density at radius 1 is 0.552 bits per heavy atom. The van der Waals surface area contributed by atoms with Crippen LogP contribution in [0.15, 0.2) is 0 Å². The Bertz CT molecular complexity index is 338. The summed E-state index contributed by atoms with van der Waals surface area (Å²) < 4.78 is 10.2. The van der Waals surface area contributed by atoms with Gasteiger partial charge in [-0.15, -0.1) is 0 Å². The van der Waals surface area contributed by atoms with Crippen LogP contribution in [0.3, 0.4) is 0 Å². The van der Waals surface area contributed by atoms with Crippen LogP contribution in [0.5, 0.6) is 0 Å². The Hall–Kier alpha value is 0.580. The molecule has 5 heteroatoms. The fraction of sp³-hybridized carbons (Fsp3) is 1.00. The Balaban J connectivity index is -0.000000497. The number of unbranched alkanes of at least 4 members (excludes halogenated alkanes) is 9. The minimum atomic E-state index is -4.22. The summed E-state index contributed by atoms with van der Waals surface area (Å²) in [6.07, 6.45) is 23.8. The first-order valence-corrected chi connectivity index (χ1v) is 16.9. The van der Waals surface area contributed by atoms with Gasteiger partial charge in [0.1, 0.15) is 0 Å². The third kappa shape index (κ3) is 23.1. The zero-order chi connectivity index (χ0) is 22.4. The largest absolute Gasteiger partial charge is 1.00 e. The van der Waals surface area contributed by atoms with Crippen LogP contribution < -0.4 is 9.79 Å². The molecule has 0 unspecified atom stereocenters. The van der Waals surface area contributed by atoms with Gasteiger partial charge in [-0.25, -0.2) is 0 Å². The van der Waals surface area contributed by atoms with E-state index in [1.807, 2.05) is 0 Å². The van der Waals surface area contributed by atoms with Crippen LogP contribution in [-0.4, -0.2) is 30.8 Å². The van der Waals surface area contributed by atoms with Gasteiger partial charge in [-0.3, -0.25) is 0 Å². The molecular weight excluding hydrogens is 398 g/mol. The monoisotopic (exact) mass is 452 g/mol. The Morgan fingerprint density at radius 3 is 1.17 bits per heavy atom. The quantitative estimate of drug-likeness (QED) is 0.150. The van der Waals surface area contributed by atoms with E-state index >= 15 is 0 Å². The molecule has 0 heterocycles. The molecule has 0 saturated heterocycles. The summed E-state index contributed by atoms with van der Waals surface area (Å²) in [7, 11) is -4.78. The van der Waals surface area contributed by atoms with Gasteiger partial charge < -0.3 is 14.4 Å². The van der Waals surface area contributed by atoms with Gasteiger partial charge in [0.2, 0.25) is 0 Å². The van der Waals surface area contributed by atoms with Crippen molar-refractivity contribution in [3.05, 3.63) is 0 Å². The fourth-order valence-corrected chi connectivity index (χ4v) is 9.63. The number of hydrogen-bond donors (Lipinski definition) is 0. The molecule has 3 nitrogen and oxygen atoms in total. The summed E-state index contributed by atoms with van der Waals surface area (Å²) in [6.45, 7) is 11.5. The van der Waals surface area contributed by atoms with Gasteiger partial charge in [-0.05, 0) is 38.3 Å². The highest BCUT2D eigenvalue weighted by molar-refractivity contribution is 7.75. The third-order valence-corrected chi connectivity index (χ3v) is 11.7. The van der Waals surface area contributed by atoms with E-state index in [1.54, 1.807) is 24.6 Å². The van der Waals surface area contributed by atoms with Crippen molar-refractivity contribution in [2.24, 2.45) is 0 Å². The average Bonchev–Trinajstić information content (AvgIpc) is 2.69. The van der Waals surface area contributed by atoms with Gasteiger partial charge in [-0.1, -0.05) is 100 Å². The normalized spacial score (nSPS) is 12.0. The molecule has 0 aliphatic rings. The number of hydrogen-bond acceptors (Lipinski definition) is 3. The lowest BCUT2D eigenvalue weighted by atomic mass is 10.1. The lowest BCUT2D eigenvalue weighted by molar-refractivity contribution is -0.313. The molecule has 0 radical (unpaired) electrons. The molecule has 178 valence electrons. The first-order chi connectivity index (χ1) is 13.8. The van der Waals surface area contributed by atoms with Crippen LogP contribution in [0, 0.1) is 0 Å². The predicted octanol–water partition coefficient (Wildman–Crippen LogP) is 7.58. The predicted molar refractivity (Wildman–Crippen MR) is 133 cm³/mol. The van der Waals surface area contributed by atoms with Crippen molar-refractivity contribution in [3.63, 3.8) is 0 Å². The van der Waals surface area contributed by atoms with Gasteiger partial charge in [0, 0.05) is 7.26 Å². The van der Waals surface area contributed by atoms with E-state index in [4.69, 9.17) is 0 Å². The fourth-order valence-electron chi connectivity index (χ4n) is 3.73. The second kappa shape index (κ2) is 21.8. The highest BCUT2D eigenvalue weighted by atomic mass is 31.2. The first kappa shape index (κ1) is 31.8. The van der Waals surface area contributed by atoms with Crippen LogP contribution in [0.4, 0.5) is 0 Å². The summed E-state index contributed by atoms with van der Waals surface area (Å²) in [5, 5.41) is 0. The van der Waals surface area contributed by atoms with Crippen molar-refractivity contribution < 1.29 is 15.8 Å². The van der Waals surface area contributed by atoms with E-state index in [9.17, 15) is 14.4 Å². The van der Waals surface area contributed by atoms with Crippen LogP contribution in [0.25, 0.3) is 0 Å². The lowest BCUT2D eigenvalue weighted by Gasteiger charge is -2.29. The van der Waals surface area contributed by atoms with Crippen molar-refractivity contribution in [2.45, 2.75) is 125 Å². The highest BCUT2D eigenvalue weighted by Crippen LogP contribution is 2.61. The molecule has 0 atom stereocenters. The van der Waals surface area contributed by atoms with Crippen LogP contribution in [-0.2, 0) is 4.57 Å². The van der Waals surface area contributed by atoms with Crippen LogP contribution >= 0.6 is 14.9 Å². The molecule has 0 N–H and O–H groups in total. The summed E-state index contributed by atoms with van der Waals surface area (Å²) >= 11 is 0. The first-order valence-electron chi connectivity index (χ1n) is 12.7. The molecular formula is C24H54O3P2. The number of rotatable bonds is 19. The molecule has 0 aliphatic heterocycles. The molecule has 0 saturated carbocycles. The SMILES string of the molecule is CCCCCCCCP(=O)([O-])[O-].CCCC[P+](CCCC)(CCCC)CCCC.[H+]. The molecule has 0 aromatic rings. The van der Waals surface area contributed by atoms with Gasteiger partial charge in [0.05, 0.1) is 24.6 Å². The molecule has 29 heavy (non-hydrogen) atoms. The van der Waals surface area contributed by atoms with Crippen molar-refractivity contribution in [3.8, 4) is 0 Å². The van der Waals surface area contributed by atoms with Gasteiger partial charge >= 0.3 is 1.43 Å². The maximum atomic E-state index is 10.2. The van der Waals surface area contributed by atoms with E-state index in [1.165, 1.54) is 64.2 Å². The molecule has 0 bridgehead atoms. The summed E-state index contributed by atoms with van der Waals surface area (Å²) in [5.41, 5.74) is 0. The molecule has 0 rings (SSSR count). The van der Waals surface area contributed by atoms with E-state index in [0.29, 0.717) is 6.42 Å². The molecule has 0 spiro atoms. The molecule has 0 aromatic carbocycles. The van der Waals surface area contributed by atoms with E-state index in [2.05, 4.69) is 34.6 Å². The van der Waals surface area contributed by atoms with Crippen molar-refractivity contribution >= 4 is 14.9 Å². The second-order valence-electron chi connectivity index (χ2n) is 8.75. The van der Waals surface area contributed by atoms with Crippen LogP contribution in [0.1, 0.15) is 126 Å². The topological polar surface area (TPSA) is 63.2 Å². The smallest absolute Gasteiger partial charge is 0.811 e. The van der Waals surface area contributed by atoms with Gasteiger partial charge in [0.15, 0.2) is 0 Å². The van der Waals surface area contributed by atoms with E-state index in [-0.39, 0.29) is 7.59 Å². The second-order valence-corrected chi connectivity index (χ2v) is 14.9. The zero-order valence-electron chi connectivity index (χ0n) is 21.6. The lowest BCUT2D eigenvalue weighted by Crippen LogP contribution is -2.16. The van der Waals surface area contributed by atoms with Crippen molar-refractivity contribution in [2.75, 3.05) is 30.8 Å². The van der Waals surface area contributed by atoms with Gasteiger partial charge in [-0.2, -0.15) is 0 Å². The Labute approximate surface area is 186 Å². The molecule has 0 aliphatic carbocycles. The molecule has 0 aromatic heterocycles. The van der Waals surface area contributed by atoms with Crippen molar-refractivity contribution in [1.29, 1.82) is 0 Å². The molecule has 0 amide bonds. The maximum absolute atomic E-state index is 10.2. The molecule has 0 fully saturated rings. The maximum Gasteiger partial charge on any atom is 1.00 e. The standard InChI is InChI=1S/C16H36P.C8H19O3P/c1-5-9-13-17(14-10-6-2,15-11-7-3)16-12-8-4;1-2-3-4-5-6-7-8-12(9,10)11/h5-16H2,1-4H3;2-8H2,1H3,(H2,9,10,11)/q+1;/p-1. The average molecular weight is 453 g/mol. The highest BCUT2D eigenvalue weighted by Gasteiger charge is 2.34. The Kier molecular flexibility index (Phi) is 23.9. The zero-order valence-corrected chi connectivity index (χ0v) is 22.3. The summed E-state index contributed by atoms with van der Waals surface area (Å²) in [4.78, 5) is 20.4. The summed E-state index contributed by atoms with van der Waals surface area (Å²) in [6, 6.07) is 0. The summed E-state index contributed by atoms with van der Waals surface area (Å²) in [5.74, 6) is 0. The Morgan fingerprint density at radius 2 is 0.862 bits per heavy atom. The van der Waals surface area contributed by atoms with E-state index in [0.717, 1.165) is 19.3 Å². The van der Waals surface area contributed by atoms with Gasteiger partial charge in [0.25, 0.3) is 0 Å². The van der Waals surface area contributed by atoms with Crippen LogP contribution in [0.2, 0.25) is 0 Å². The van der Waals surface area contributed by atoms with E-state index < -0.39 is 14.9 Å². The van der Waals surface area contributed by atoms with Crippen molar-refractivity contribution in [1.82, 2.24) is 0 Å². The minimum Gasteiger partial charge on any atom is -0.811 e.